The summed E-state index contributed by atoms with van der Waals surface area (Å²) in [5, 5.41) is 10.9. The van der Waals surface area contributed by atoms with Gasteiger partial charge in [-0.15, -0.1) is 11.8 Å². The summed E-state index contributed by atoms with van der Waals surface area (Å²) < 4.78 is 0. The maximum absolute atomic E-state index is 11.6. The molecule has 78 valence electrons. The van der Waals surface area contributed by atoms with E-state index in [0.29, 0.717) is 5.56 Å². The van der Waals surface area contributed by atoms with Crippen molar-refractivity contribution in [2.24, 2.45) is 0 Å². The van der Waals surface area contributed by atoms with Crippen LogP contribution in [0.4, 0.5) is 0 Å². The standard InChI is InChI=1S/C11H12N2OS/c1-2-15-10-6-4-3-5-9(10)11(14)13-8-7-12/h3-6H,2,8H2,1H3,(H,13,14). The Bertz CT molecular complexity index is 384. The summed E-state index contributed by atoms with van der Waals surface area (Å²) in [6, 6.07) is 9.28. The fraction of sp³-hybridized carbons (Fsp3) is 0.273. The lowest BCUT2D eigenvalue weighted by molar-refractivity contribution is 0.0955. The molecule has 0 unspecified atom stereocenters. The largest absolute Gasteiger partial charge is 0.339 e. The molecule has 1 aromatic rings. The Morgan fingerprint density at radius 1 is 1.53 bits per heavy atom. The molecule has 0 saturated heterocycles. The minimum absolute atomic E-state index is 0.0456. The third-order valence-electron chi connectivity index (χ3n) is 1.76. The van der Waals surface area contributed by atoms with Crippen LogP contribution < -0.4 is 5.32 Å². The number of nitrogens with one attached hydrogen (secondary N) is 1. The Morgan fingerprint density at radius 3 is 2.93 bits per heavy atom. The second kappa shape index (κ2) is 6.10. The predicted molar refractivity (Wildman–Crippen MR) is 60.8 cm³/mol. The Kier molecular flexibility index (Phi) is 4.72. The number of nitriles is 1. The average molecular weight is 220 g/mol. The lowest BCUT2D eigenvalue weighted by Crippen LogP contribution is -2.24. The average Bonchev–Trinajstić information content (AvgIpc) is 2.27. The molecular formula is C11H12N2OS. The summed E-state index contributed by atoms with van der Waals surface area (Å²) in [6.45, 7) is 2.08. The van der Waals surface area contributed by atoms with Crippen molar-refractivity contribution in [1.82, 2.24) is 5.32 Å². The van der Waals surface area contributed by atoms with E-state index < -0.39 is 0 Å². The Morgan fingerprint density at radius 2 is 2.27 bits per heavy atom. The number of hydrogen-bond donors (Lipinski definition) is 1. The van der Waals surface area contributed by atoms with Gasteiger partial charge in [-0.3, -0.25) is 4.79 Å². The zero-order valence-corrected chi connectivity index (χ0v) is 9.30. The van der Waals surface area contributed by atoms with Crippen LogP contribution in [0.5, 0.6) is 0 Å². The lowest BCUT2D eigenvalue weighted by Gasteiger charge is -2.06. The number of hydrogen-bond acceptors (Lipinski definition) is 3. The molecule has 0 atom stereocenters. The molecule has 0 fully saturated rings. The lowest BCUT2D eigenvalue weighted by atomic mass is 10.2. The second-order valence-electron chi connectivity index (χ2n) is 2.77. The first kappa shape index (κ1) is 11.6. The molecule has 0 heterocycles. The highest BCUT2D eigenvalue weighted by Crippen LogP contribution is 2.21. The van der Waals surface area contributed by atoms with Gasteiger partial charge in [-0.2, -0.15) is 5.26 Å². The third kappa shape index (κ3) is 3.30. The molecule has 1 aromatic carbocycles. The fourth-order valence-electron chi connectivity index (χ4n) is 1.15. The summed E-state index contributed by atoms with van der Waals surface area (Å²) in [5.74, 6) is 0.732. The van der Waals surface area contributed by atoms with Gasteiger partial charge in [0.1, 0.15) is 6.54 Å². The van der Waals surface area contributed by atoms with Crippen molar-refractivity contribution in [3.8, 4) is 6.07 Å². The molecule has 3 nitrogen and oxygen atoms in total. The van der Waals surface area contributed by atoms with Gasteiger partial charge in [-0.1, -0.05) is 19.1 Å². The van der Waals surface area contributed by atoms with Crippen molar-refractivity contribution in [1.29, 1.82) is 5.26 Å². The Labute approximate surface area is 93.5 Å². The highest BCUT2D eigenvalue weighted by Gasteiger charge is 2.09. The highest BCUT2D eigenvalue weighted by molar-refractivity contribution is 7.99. The van der Waals surface area contributed by atoms with E-state index in [1.165, 1.54) is 0 Å². The predicted octanol–water partition coefficient (Wildman–Crippen LogP) is 2.05. The van der Waals surface area contributed by atoms with Gasteiger partial charge in [0.25, 0.3) is 5.91 Å². The van der Waals surface area contributed by atoms with E-state index >= 15 is 0 Å². The first-order valence-electron chi connectivity index (χ1n) is 4.66. The number of benzene rings is 1. The number of nitrogens with zero attached hydrogens (tertiary/aromatic N) is 1. The van der Waals surface area contributed by atoms with Gasteiger partial charge in [0.2, 0.25) is 0 Å². The molecule has 0 bridgehead atoms. The van der Waals surface area contributed by atoms with Crippen molar-refractivity contribution >= 4 is 17.7 Å². The number of rotatable bonds is 4. The molecule has 0 spiro atoms. The van der Waals surface area contributed by atoms with Crippen LogP contribution in [0.15, 0.2) is 29.2 Å². The van der Waals surface area contributed by atoms with Gasteiger partial charge < -0.3 is 5.32 Å². The maximum atomic E-state index is 11.6. The van der Waals surface area contributed by atoms with Crippen LogP contribution in [0, 0.1) is 11.3 Å². The zero-order valence-electron chi connectivity index (χ0n) is 8.49. The van der Waals surface area contributed by atoms with Crippen molar-refractivity contribution in [2.75, 3.05) is 12.3 Å². The molecule has 0 aliphatic heterocycles. The molecule has 15 heavy (non-hydrogen) atoms. The van der Waals surface area contributed by atoms with E-state index in [-0.39, 0.29) is 12.5 Å². The van der Waals surface area contributed by atoms with Crippen molar-refractivity contribution < 1.29 is 4.79 Å². The fourth-order valence-corrected chi connectivity index (χ4v) is 1.95. The molecule has 1 amide bonds. The minimum Gasteiger partial charge on any atom is -0.339 e. The molecule has 1 N–H and O–H groups in total. The molecule has 0 aliphatic rings. The Hall–Kier alpha value is -1.47. The van der Waals surface area contributed by atoms with Gasteiger partial charge in [-0.25, -0.2) is 0 Å². The number of thioether (sulfide) groups is 1. The zero-order chi connectivity index (χ0) is 11.1. The topological polar surface area (TPSA) is 52.9 Å². The summed E-state index contributed by atoms with van der Waals surface area (Å²) in [5.41, 5.74) is 0.639. The van der Waals surface area contributed by atoms with Crippen LogP contribution in [-0.2, 0) is 0 Å². The highest BCUT2D eigenvalue weighted by atomic mass is 32.2. The molecule has 0 aromatic heterocycles. The molecule has 0 radical (unpaired) electrons. The molecular weight excluding hydrogens is 208 g/mol. The smallest absolute Gasteiger partial charge is 0.253 e. The van der Waals surface area contributed by atoms with E-state index in [1.54, 1.807) is 17.8 Å². The summed E-state index contributed by atoms with van der Waals surface area (Å²) in [4.78, 5) is 12.6. The maximum Gasteiger partial charge on any atom is 0.253 e. The van der Waals surface area contributed by atoms with E-state index in [2.05, 4.69) is 5.32 Å². The van der Waals surface area contributed by atoms with Gasteiger partial charge in [-0.05, 0) is 17.9 Å². The summed E-state index contributed by atoms with van der Waals surface area (Å²) >= 11 is 1.62. The SMILES string of the molecule is CCSc1ccccc1C(=O)NCC#N. The van der Waals surface area contributed by atoms with Gasteiger partial charge >= 0.3 is 0 Å². The monoisotopic (exact) mass is 220 g/mol. The van der Waals surface area contributed by atoms with Crippen LogP contribution >= 0.6 is 11.8 Å². The van der Waals surface area contributed by atoms with Crippen molar-refractivity contribution in [3.63, 3.8) is 0 Å². The summed E-state index contributed by atoms with van der Waals surface area (Å²) in [7, 11) is 0. The quantitative estimate of drug-likeness (QED) is 0.624. The van der Waals surface area contributed by atoms with E-state index in [9.17, 15) is 4.79 Å². The van der Waals surface area contributed by atoms with Gasteiger partial charge in [0.15, 0.2) is 0 Å². The first-order valence-corrected chi connectivity index (χ1v) is 5.65. The number of amides is 1. The van der Waals surface area contributed by atoms with Crippen LogP contribution in [0.25, 0.3) is 0 Å². The van der Waals surface area contributed by atoms with E-state index in [0.717, 1.165) is 10.6 Å². The van der Waals surface area contributed by atoms with Gasteiger partial charge in [0, 0.05) is 4.90 Å². The van der Waals surface area contributed by atoms with Gasteiger partial charge in [0.05, 0.1) is 11.6 Å². The van der Waals surface area contributed by atoms with Crippen molar-refractivity contribution in [2.45, 2.75) is 11.8 Å². The molecule has 1 rings (SSSR count). The molecule has 0 aliphatic carbocycles. The first-order chi connectivity index (χ1) is 7.29. The minimum atomic E-state index is -0.187. The van der Waals surface area contributed by atoms with Crippen LogP contribution in [0.2, 0.25) is 0 Å². The molecule has 4 heteroatoms. The van der Waals surface area contributed by atoms with Crippen LogP contribution in [-0.4, -0.2) is 18.2 Å². The molecule has 0 saturated carbocycles. The van der Waals surface area contributed by atoms with Crippen LogP contribution in [0.1, 0.15) is 17.3 Å². The van der Waals surface area contributed by atoms with E-state index in [1.807, 2.05) is 31.2 Å². The van der Waals surface area contributed by atoms with E-state index in [4.69, 9.17) is 5.26 Å². The van der Waals surface area contributed by atoms with Crippen molar-refractivity contribution in [3.05, 3.63) is 29.8 Å². The summed E-state index contributed by atoms with van der Waals surface area (Å²) in [6.07, 6.45) is 0. The normalized spacial score (nSPS) is 9.33. The number of carbonyl (C=O) groups excluding carboxylic acids is 1. The Balaban J connectivity index is 2.83. The third-order valence-corrected chi connectivity index (χ3v) is 2.72. The van der Waals surface area contributed by atoms with Crippen LogP contribution in [0.3, 0.4) is 0 Å². The second-order valence-corrected chi connectivity index (χ2v) is 4.08. The number of carbonyl (C=O) groups is 1.